The minimum Gasteiger partial charge on any atom is -0.469 e. The molecular formula is C13H15FN2O3. The van der Waals surface area contributed by atoms with Crippen molar-refractivity contribution < 1.29 is 18.7 Å². The quantitative estimate of drug-likeness (QED) is 0.594. The van der Waals surface area contributed by atoms with Gasteiger partial charge in [0.1, 0.15) is 0 Å². The Kier molecular flexibility index (Phi) is 3.78. The van der Waals surface area contributed by atoms with E-state index in [-0.39, 0.29) is 29.9 Å². The Balaban J connectivity index is 2.15. The van der Waals surface area contributed by atoms with Crippen molar-refractivity contribution in [3.63, 3.8) is 0 Å². The molecule has 2 unspecified atom stereocenters. The molecule has 1 fully saturated rings. The van der Waals surface area contributed by atoms with Gasteiger partial charge in [0.25, 0.3) is 5.91 Å². The van der Waals surface area contributed by atoms with Gasteiger partial charge in [0.05, 0.1) is 18.6 Å². The van der Waals surface area contributed by atoms with Crippen LogP contribution in [-0.4, -0.2) is 42.0 Å². The van der Waals surface area contributed by atoms with Gasteiger partial charge in [-0.05, 0) is 18.1 Å². The summed E-state index contributed by atoms with van der Waals surface area (Å²) in [5.74, 6) is -1.93. The fraction of sp³-hybridized carbons (Fsp3) is 0.462. The van der Waals surface area contributed by atoms with Gasteiger partial charge in [-0.3, -0.25) is 9.59 Å². The summed E-state index contributed by atoms with van der Waals surface area (Å²) >= 11 is 0. The first-order valence-corrected chi connectivity index (χ1v) is 6.02. The van der Waals surface area contributed by atoms with Crippen LogP contribution in [0.15, 0.2) is 18.3 Å². The lowest BCUT2D eigenvalue weighted by atomic mass is 9.99. The van der Waals surface area contributed by atoms with Crippen molar-refractivity contribution >= 4 is 11.9 Å². The highest BCUT2D eigenvalue weighted by atomic mass is 19.1. The molecule has 2 rings (SSSR count). The van der Waals surface area contributed by atoms with E-state index in [4.69, 9.17) is 4.74 Å². The van der Waals surface area contributed by atoms with Crippen LogP contribution in [0.3, 0.4) is 0 Å². The van der Waals surface area contributed by atoms with Crippen molar-refractivity contribution in [2.24, 2.45) is 11.8 Å². The Morgan fingerprint density at radius 3 is 2.84 bits per heavy atom. The second-order valence-electron chi connectivity index (χ2n) is 4.66. The zero-order chi connectivity index (χ0) is 14.0. The number of esters is 1. The van der Waals surface area contributed by atoms with E-state index in [9.17, 15) is 14.0 Å². The summed E-state index contributed by atoms with van der Waals surface area (Å²) in [6, 6.07) is 2.90. The van der Waals surface area contributed by atoms with Gasteiger partial charge in [0, 0.05) is 19.3 Å². The van der Waals surface area contributed by atoms with Gasteiger partial charge in [-0.2, -0.15) is 4.39 Å². The number of carbonyl (C=O) groups is 2. The minimum atomic E-state index is -0.790. The number of aromatic nitrogens is 1. The number of hydrogen-bond acceptors (Lipinski definition) is 4. The number of halogens is 1. The van der Waals surface area contributed by atoms with Gasteiger partial charge >= 0.3 is 5.97 Å². The van der Waals surface area contributed by atoms with Crippen LogP contribution in [0, 0.1) is 17.8 Å². The maximum Gasteiger partial charge on any atom is 0.310 e. The fourth-order valence-corrected chi connectivity index (χ4v) is 2.31. The lowest BCUT2D eigenvalue weighted by Gasteiger charge is -2.16. The second-order valence-corrected chi connectivity index (χ2v) is 4.66. The van der Waals surface area contributed by atoms with Crippen molar-refractivity contribution in [2.45, 2.75) is 6.92 Å². The zero-order valence-electron chi connectivity index (χ0n) is 10.8. The van der Waals surface area contributed by atoms with E-state index in [1.807, 2.05) is 6.92 Å². The highest BCUT2D eigenvalue weighted by molar-refractivity contribution is 5.94. The van der Waals surface area contributed by atoms with E-state index in [1.54, 1.807) is 0 Å². The molecule has 0 aromatic carbocycles. The first-order valence-electron chi connectivity index (χ1n) is 6.02. The molecule has 1 aromatic heterocycles. The maximum atomic E-state index is 13.5. The largest absolute Gasteiger partial charge is 0.469 e. The van der Waals surface area contributed by atoms with Crippen LogP contribution in [0.5, 0.6) is 0 Å². The maximum absolute atomic E-state index is 13.5. The number of hydrogen-bond donors (Lipinski definition) is 0. The Bertz CT molecular complexity index is 506. The van der Waals surface area contributed by atoms with Crippen LogP contribution in [-0.2, 0) is 9.53 Å². The first-order chi connectivity index (χ1) is 9.04. The van der Waals surface area contributed by atoms with Crippen LogP contribution in [0.2, 0.25) is 0 Å². The number of pyridine rings is 1. The van der Waals surface area contributed by atoms with E-state index in [1.165, 1.54) is 30.3 Å². The third-order valence-corrected chi connectivity index (χ3v) is 3.39. The van der Waals surface area contributed by atoms with Gasteiger partial charge in [-0.25, -0.2) is 4.98 Å². The number of methoxy groups -OCH3 is 1. The van der Waals surface area contributed by atoms with Crippen LogP contribution < -0.4 is 0 Å². The van der Waals surface area contributed by atoms with Crippen molar-refractivity contribution in [2.75, 3.05) is 20.2 Å². The van der Waals surface area contributed by atoms with Crippen molar-refractivity contribution in [1.29, 1.82) is 0 Å². The van der Waals surface area contributed by atoms with E-state index >= 15 is 0 Å². The average Bonchev–Trinajstić information content (AvgIpc) is 2.80. The van der Waals surface area contributed by atoms with Gasteiger partial charge < -0.3 is 9.64 Å². The molecular weight excluding hydrogens is 251 g/mol. The van der Waals surface area contributed by atoms with E-state index in [0.29, 0.717) is 6.54 Å². The molecule has 0 aliphatic carbocycles. The molecule has 2 heterocycles. The molecule has 19 heavy (non-hydrogen) atoms. The van der Waals surface area contributed by atoms with E-state index in [0.717, 1.165) is 0 Å². The third-order valence-electron chi connectivity index (χ3n) is 3.39. The van der Waals surface area contributed by atoms with Crippen LogP contribution in [0.4, 0.5) is 4.39 Å². The monoisotopic (exact) mass is 266 g/mol. The smallest absolute Gasteiger partial charge is 0.310 e. The Labute approximate surface area is 110 Å². The van der Waals surface area contributed by atoms with Crippen LogP contribution in [0.25, 0.3) is 0 Å². The molecule has 0 radical (unpaired) electrons. The second kappa shape index (κ2) is 5.34. The normalized spacial score (nSPS) is 22.4. The molecule has 5 nitrogen and oxygen atoms in total. The summed E-state index contributed by atoms with van der Waals surface area (Å²) < 4.78 is 18.2. The van der Waals surface area contributed by atoms with Crippen LogP contribution in [0.1, 0.15) is 17.3 Å². The summed E-state index contributed by atoms with van der Waals surface area (Å²) in [7, 11) is 1.32. The summed E-state index contributed by atoms with van der Waals surface area (Å²) in [6.07, 6.45) is 1.29. The lowest BCUT2D eigenvalue weighted by Crippen LogP contribution is -2.31. The number of likely N-dealkylation sites (tertiary alicyclic amines) is 1. The molecule has 1 aromatic rings. The highest BCUT2D eigenvalue weighted by Crippen LogP contribution is 2.25. The molecule has 1 aliphatic rings. The standard InChI is InChI=1S/C13H15FN2O3/c1-8-6-16(7-10(8)13(18)19-2)12(17)9-4-3-5-15-11(9)14/h3-5,8,10H,6-7H2,1-2H3. The molecule has 0 spiro atoms. The molecule has 6 heteroatoms. The number of rotatable bonds is 2. The molecule has 2 atom stereocenters. The molecule has 0 bridgehead atoms. The Hall–Kier alpha value is -1.98. The van der Waals surface area contributed by atoms with Gasteiger partial charge in [-0.15, -0.1) is 0 Å². The highest BCUT2D eigenvalue weighted by Gasteiger charge is 2.38. The minimum absolute atomic E-state index is 0.00358. The molecule has 102 valence electrons. The number of amides is 1. The van der Waals surface area contributed by atoms with Gasteiger partial charge in [0.2, 0.25) is 5.95 Å². The number of nitrogens with zero attached hydrogens (tertiary/aromatic N) is 2. The Morgan fingerprint density at radius 1 is 1.47 bits per heavy atom. The molecule has 0 saturated carbocycles. The zero-order valence-corrected chi connectivity index (χ0v) is 10.8. The number of carbonyl (C=O) groups excluding carboxylic acids is 2. The van der Waals surface area contributed by atoms with E-state index < -0.39 is 11.9 Å². The number of ether oxygens (including phenoxy) is 1. The van der Waals surface area contributed by atoms with Crippen LogP contribution >= 0.6 is 0 Å². The summed E-state index contributed by atoms with van der Waals surface area (Å²) in [5.41, 5.74) is -0.0692. The molecule has 1 saturated heterocycles. The van der Waals surface area contributed by atoms with Crippen molar-refractivity contribution in [1.82, 2.24) is 9.88 Å². The predicted molar refractivity (Wildman–Crippen MR) is 64.8 cm³/mol. The first kappa shape index (κ1) is 13.5. The van der Waals surface area contributed by atoms with Crippen molar-refractivity contribution in [3.8, 4) is 0 Å². The molecule has 1 aliphatic heterocycles. The van der Waals surface area contributed by atoms with Crippen molar-refractivity contribution in [3.05, 3.63) is 29.8 Å². The SMILES string of the molecule is COC(=O)C1CN(C(=O)c2cccnc2F)CC1C. The summed E-state index contributed by atoms with van der Waals surface area (Å²) in [4.78, 5) is 28.6. The average molecular weight is 266 g/mol. The van der Waals surface area contributed by atoms with Gasteiger partial charge in [0.15, 0.2) is 0 Å². The molecule has 0 N–H and O–H groups in total. The third kappa shape index (κ3) is 2.57. The summed E-state index contributed by atoms with van der Waals surface area (Å²) in [6.45, 7) is 2.53. The van der Waals surface area contributed by atoms with Gasteiger partial charge in [-0.1, -0.05) is 6.92 Å². The predicted octanol–water partition coefficient (Wildman–Crippen LogP) is 1.10. The lowest BCUT2D eigenvalue weighted by molar-refractivity contribution is -0.146. The summed E-state index contributed by atoms with van der Waals surface area (Å²) in [5, 5.41) is 0. The molecule has 1 amide bonds. The Morgan fingerprint density at radius 2 is 2.21 bits per heavy atom. The topological polar surface area (TPSA) is 59.5 Å². The van der Waals surface area contributed by atoms with E-state index in [2.05, 4.69) is 4.98 Å². The fourth-order valence-electron chi connectivity index (χ4n) is 2.31.